The Morgan fingerprint density at radius 1 is 1.25 bits per heavy atom. The fraction of sp³-hybridized carbons (Fsp3) is 0.444. The number of piperidine rings is 1. The summed E-state index contributed by atoms with van der Waals surface area (Å²) in [7, 11) is 0. The van der Waals surface area contributed by atoms with E-state index >= 15 is 0 Å². The summed E-state index contributed by atoms with van der Waals surface area (Å²) in [4.78, 5) is 26.1. The number of aryl methyl sites for hydroxylation is 1. The van der Waals surface area contributed by atoms with Crippen molar-refractivity contribution in [3.05, 3.63) is 30.5 Å². The number of aliphatic hydroxyl groups excluding tert-OH is 1. The number of likely N-dealkylation sites (tertiary alicyclic amines) is 1. The molecule has 0 bridgehead atoms. The number of nitrogens with one attached hydrogen (secondary N) is 1. The fourth-order valence-electron chi connectivity index (χ4n) is 3.18. The monoisotopic (exact) mass is 329 g/mol. The van der Waals surface area contributed by atoms with Crippen LogP contribution in [0.5, 0.6) is 0 Å². The highest BCUT2D eigenvalue weighted by atomic mass is 16.3. The number of nitrogens with zero attached hydrogens (tertiary/aromatic N) is 2. The maximum absolute atomic E-state index is 12.3. The third-order valence-electron chi connectivity index (χ3n) is 4.73. The van der Waals surface area contributed by atoms with Gasteiger partial charge >= 0.3 is 11.8 Å². The van der Waals surface area contributed by atoms with Crippen molar-refractivity contribution in [1.29, 1.82) is 0 Å². The van der Waals surface area contributed by atoms with Crippen molar-refractivity contribution in [2.75, 3.05) is 25.0 Å². The third kappa shape index (κ3) is 3.28. The Hall–Kier alpha value is -2.34. The number of hydrogen-bond acceptors (Lipinski definition) is 3. The molecule has 6 heteroatoms. The predicted octanol–water partition coefficient (Wildman–Crippen LogP) is 1.83. The lowest BCUT2D eigenvalue weighted by molar-refractivity contribution is -0.144. The van der Waals surface area contributed by atoms with Crippen LogP contribution in [0.3, 0.4) is 0 Å². The number of fused-ring (bicyclic) bond motifs is 1. The van der Waals surface area contributed by atoms with E-state index in [9.17, 15) is 9.59 Å². The summed E-state index contributed by atoms with van der Waals surface area (Å²) >= 11 is 0. The van der Waals surface area contributed by atoms with Crippen molar-refractivity contribution >= 4 is 28.4 Å². The molecular weight excluding hydrogens is 306 g/mol. The molecule has 2 N–H and O–H groups in total. The molecule has 0 atom stereocenters. The van der Waals surface area contributed by atoms with Gasteiger partial charge in [0, 0.05) is 38.1 Å². The number of anilines is 1. The molecule has 24 heavy (non-hydrogen) atoms. The number of carbonyl (C=O) groups is 2. The van der Waals surface area contributed by atoms with Crippen molar-refractivity contribution in [3.8, 4) is 0 Å². The molecule has 128 valence electrons. The molecule has 3 rings (SSSR count). The summed E-state index contributed by atoms with van der Waals surface area (Å²) in [5.41, 5.74) is 1.66. The second kappa shape index (κ2) is 7.05. The molecule has 0 radical (unpaired) electrons. The van der Waals surface area contributed by atoms with Crippen molar-refractivity contribution in [2.45, 2.75) is 26.3 Å². The molecule has 2 heterocycles. The van der Waals surface area contributed by atoms with E-state index in [-0.39, 0.29) is 12.5 Å². The molecule has 1 fully saturated rings. The van der Waals surface area contributed by atoms with Crippen LogP contribution < -0.4 is 5.32 Å². The van der Waals surface area contributed by atoms with Gasteiger partial charge in [0.05, 0.1) is 5.52 Å². The maximum atomic E-state index is 12.3. The summed E-state index contributed by atoms with van der Waals surface area (Å²) in [6.45, 7) is 4.10. The van der Waals surface area contributed by atoms with Crippen molar-refractivity contribution < 1.29 is 14.7 Å². The summed E-state index contributed by atoms with van der Waals surface area (Å²) in [5.74, 6) is -0.870. The van der Waals surface area contributed by atoms with Crippen molar-refractivity contribution in [2.24, 2.45) is 5.92 Å². The van der Waals surface area contributed by atoms with Gasteiger partial charge in [-0.2, -0.15) is 0 Å². The van der Waals surface area contributed by atoms with Crippen LogP contribution in [0.1, 0.15) is 19.8 Å². The van der Waals surface area contributed by atoms with Gasteiger partial charge in [0.15, 0.2) is 0 Å². The molecule has 0 unspecified atom stereocenters. The van der Waals surface area contributed by atoms with E-state index in [2.05, 4.69) is 16.8 Å². The number of benzene rings is 1. The first-order valence-corrected chi connectivity index (χ1v) is 8.42. The van der Waals surface area contributed by atoms with Gasteiger partial charge in [0.1, 0.15) is 0 Å². The second-order valence-electron chi connectivity index (χ2n) is 6.25. The molecule has 1 aromatic carbocycles. The minimum atomic E-state index is -0.605. The van der Waals surface area contributed by atoms with Crippen molar-refractivity contribution in [1.82, 2.24) is 9.47 Å². The van der Waals surface area contributed by atoms with E-state index in [1.165, 1.54) is 0 Å². The van der Waals surface area contributed by atoms with Crippen LogP contribution in [0, 0.1) is 5.92 Å². The van der Waals surface area contributed by atoms with Crippen LogP contribution in [0.4, 0.5) is 5.69 Å². The number of aliphatic hydroxyl groups is 1. The minimum absolute atomic E-state index is 0.144. The highest BCUT2D eigenvalue weighted by Crippen LogP contribution is 2.21. The van der Waals surface area contributed by atoms with E-state index in [0.29, 0.717) is 18.8 Å². The zero-order valence-corrected chi connectivity index (χ0v) is 13.9. The Morgan fingerprint density at radius 3 is 2.67 bits per heavy atom. The standard InChI is InChI=1S/C18H23N3O3/c1-2-20-10-7-14-3-4-15(11-16(14)20)19-17(23)18(24)21-8-5-13(12-22)6-9-21/h3-4,7,10-11,13,22H,2,5-6,8-9,12H2,1H3,(H,19,23). The quantitative estimate of drug-likeness (QED) is 0.844. The first-order chi connectivity index (χ1) is 11.6. The molecule has 0 spiro atoms. The lowest BCUT2D eigenvalue weighted by Crippen LogP contribution is -2.44. The Balaban J connectivity index is 1.67. The SMILES string of the molecule is CCn1ccc2ccc(NC(=O)C(=O)N3CCC(CO)CC3)cc21. The molecule has 0 aliphatic carbocycles. The Morgan fingerprint density at radius 2 is 2.00 bits per heavy atom. The van der Waals surface area contributed by atoms with E-state index < -0.39 is 11.8 Å². The summed E-state index contributed by atoms with van der Waals surface area (Å²) in [5, 5.41) is 13.0. The van der Waals surface area contributed by atoms with Gasteiger partial charge in [0.25, 0.3) is 0 Å². The smallest absolute Gasteiger partial charge is 0.313 e. The largest absolute Gasteiger partial charge is 0.396 e. The Bertz CT molecular complexity index is 745. The topological polar surface area (TPSA) is 74.6 Å². The highest BCUT2D eigenvalue weighted by Gasteiger charge is 2.26. The van der Waals surface area contributed by atoms with Crippen LogP contribution in [-0.2, 0) is 16.1 Å². The van der Waals surface area contributed by atoms with E-state index in [4.69, 9.17) is 5.11 Å². The molecule has 1 aliphatic rings. The number of aromatic nitrogens is 1. The average molecular weight is 329 g/mol. The molecular formula is C18H23N3O3. The predicted molar refractivity (Wildman–Crippen MR) is 92.6 cm³/mol. The summed E-state index contributed by atoms with van der Waals surface area (Å²) in [6.07, 6.45) is 3.49. The summed E-state index contributed by atoms with van der Waals surface area (Å²) < 4.78 is 2.09. The van der Waals surface area contributed by atoms with Gasteiger partial charge in [-0.3, -0.25) is 9.59 Å². The minimum Gasteiger partial charge on any atom is -0.396 e. The molecule has 6 nitrogen and oxygen atoms in total. The molecule has 2 amide bonds. The van der Waals surface area contributed by atoms with Gasteiger partial charge < -0.3 is 19.9 Å². The number of hydrogen-bond donors (Lipinski definition) is 2. The second-order valence-corrected chi connectivity index (χ2v) is 6.25. The molecule has 1 saturated heterocycles. The van der Waals surface area contributed by atoms with Gasteiger partial charge in [-0.15, -0.1) is 0 Å². The first-order valence-electron chi connectivity index (χ1n) is 8.42. The average Bonchev–Trinajstić information content (AvgIpc) is 3.03. The van der Waals surface area contributed by atoms with Gasteiger partial charge in [-0.1, -0.05) is 6.07 Å². The molecule has 1 aliphatic heterocycles. The molecule has 2 aromatic rings. The van der Waals surface area contributed by atoms with Crippen LogP contribution in [-0.4, -0.2) is 46.1 Å². The molecule has 1 aromatic heterocycles. The number of amides is 2. The van der Waals surface area contributed by atoms with Crippen LogP contribution >= 0.6 is 0 Å². The van der Waals surface area contributed by atoms with Gasteiger partial charge in [0.2, 0.25) is 0 Å². The lowest BCUT2D eigenvalue weighted by Gasteiger charge is -2.30. The Kier molecular flexibility index (Phi) is 4.85. The van der Waals surface area contributed by atoms with Crippen LogP contribution in [0.2, 0.25) is 0 Å². The van der Waals surface area contributed by atoms with Gasteiger partial charge in [-0.25, -0.2) is 0 Å². The zero-order chi connectivity index (χ0) is 17.1. The van der Waals surface area contributed by atoms with Crippen molar-refractivity contribution in [3.63, 3.8) is 0 Å². The normalized spacial score (nSPS) is 15.7. The fourth-order valence-corrected chi connectivity index (χ4v) is 3.18. The van der Waals surface area contributed by atoms with Gasteiger partial charge in [-0.05, 0) is 49.3 Å². The summed E-state index contributed by atoms with van der Waals surface area (Å²) in [6, 6.07) is 7.67. The van der Waals surface area contributed by atoms with Crippen LogP contribution in [0.15, 0.2) is 30.5 Å². The van der Waals surface area contributed by atoms with Crippen LogP contribution in [0.25, 0.3) is 10.9 Å². The third-order valence-corrected chi connectivity index (χ3v) is 4.73. The van der Waals surface area contributed by atoms with E-state index in [1.54, 1.807) is 4.90 Å². The number of rotatable bonds is 3. The van der Waals surface area contributed by atoms with E-state index in [0.717, 1.165) is 30.3 Å². The highest BCUT2D eigenvalue weighted by molar-refractivity contribution is 6.39. The lowest BCUT2D eigenvalue weighted by atomic mass is 9.98. The first kappa shape index (κ1) is 16.5. The van der Waals surface area contributed by atoms with E-state index in [1.807, 2.05) is 30.5 Å². The number of carbonyl (C=O) groups excluding carboxylic acids is 2. The Labute approximate surface area is 141 Å². The zero-order valence-electron chi connectivity index (χ0n) is 13.9. The molecule has 0 saturated carbocycles. The maximum Gasteiger partial charge on any atom is 0.313 e.